The lowest BCUT2D eigenvalue weighted by molar-refractivity contribution is 0.101. The maximum absolute atomic E-state index is 11.3. The number of hydrogen-bond donors (Lipinski definition) is 1. The van der Waals surface area contributed by atoms with E-state index in [0.29, 0.717) is 13.2 Å². The van der Waals surface area contributed by atoms with E-state index in [1.54, 1.807) is 18.7 Å². The number of nitrogens with two attached hydrogens (primary N) is 1. The Hall–Kier alpha value is -1.00. The fraction of sp³-hybridized carbons (Fsp3) is 0.462. The van der Waals surface area contributed by atoms with E-state index in [9.17, 15) is 4.79 Å². The van der Waals surface area contributed by atoms with Crippen LogP contribution in [0, 0.1) is 0 Å². The molecule has 94 valence electrons. The number of thioether (sulfide) groups is 1. The third-order valence-electron chi connectivity index (χ3n) is 2.29. The summed E-state index contributed by atoms with van der Waals surface area (Å²) in [4.78, 5) is 11.3. The quantitative estimate of drug-likeness (QED) is 0.599. The van der Waals surface area contributed by atoms with Gasteiger partial charge in [-0.1, -0.05) is 0 Å². The molecule has 0 aliphatic carbocycles. The molecule has 2 N–H and O–H groups in total. The second-order valence-corrected chi connectivity index (χ2v) is 4.76. The van der Waals surface area contributed by atoms with Gasteiger partial charge in [0.2, 0.25) is 0 Å². The molecule has 1 rings (SSSR count). The zero-order valence-corrected chi connectivity index (χ0v) is 11.2. The molecule has 3 nitrogen and oxygen atoms in total. The average molecular weight is 253 g/mol. The number of ketones is 1. The Kier molecular flexibility index (Phi) is 6.08. The predicted molar refractivity (Wildman–Crippen MR) is 72.8 cm³/mol. The van der Waals surface area contributed by atoms with E-state index in [0.717, 1.165) is 28.4 Å². The molecule has 1 aromatic carbocycles. The predicted octanol–water partition coefficient (Wildman–Crippen LogP) is 2.48. The molecule has 0 unspecified atom stereocenters. The highest BCUT2D eigenvalue weighted by Crippen LogP contribution is 2.25. The van der Waals surface area contributed by atoms with Crippen molar-refractivity contribution in [1.29, 1.82) is 0 Å². The highest BCUT2D eigenvalue weighted by atomic mass is 32.2. The summed E-state index contributed by atoms with van der Waals surface area (Å²) in [7, 11) is 0. The van der Waals surface area contributed by atoms with Gasteiger partial charge in [0.15, 0.2) is 5.78 Å². The van der Waals surface area contributed by atoms with E-state index in [4.69, 9.17) is 10.5 Å². The minimum atomic E-state index is 0.0816. The molecular formula is C13H19NO2S. The van der Waals surface area contributed by atoms with Crippen LogP contribution in [0.4, 0.5) is 0 Å². The summed E-state index contributed by atoms with van der Waals surface area (Å²) in [5, 5.41) is 0. The van der Waals surface area contributed by atoms with Gasteiger partial charge in [0.1, 0.15) is 5.75 Å². The fourth-order valence-electron chi connectivity index (χ4n) is 1.47. The van der Waals surface area contributed by atoms with Crippen LogP contribution in [0.25, 0.3) is 0 Å². The second-order valence-electron chi connectivity index (χ2n) is 3.65. The normalized spacial score (nSPS) is 10.3. The van der Waals surface area contributed by atoms with Crippen LogP contribution in [0.15, 0.2) is 18.2 Å². The zero-order chi connectivity index (χ0) is 12.7. The molecule has 17 heavy (non-hydrogen) atoms. The molecule has 0 saturated heterocycles. The van der Waals surface area contributed by atoms with Crippen molar-refractivity contribution >= 4 is 17.5 Å². The number of carbonyl (C=O) groups excluding carboxylic acids is 1. The highest BCUT2D eigenvalue weighted by molar-refractivity contribution is 7.98. The van der Waals surface area contributed by atoms with Crippen LogP contribution in [-0.4, -0.2) is 24.7 Å². The fourth-order valence-corrected chi connectivity index (χ4v) is 2.23. The first-order valence-electron chi connectivity index (χ1n) is 5.73. The Morgan fingerprint density at radius 3 is 2.82 bits per heavy atom. The number of rotatable bonds is 7. The second kappa shape index (κ2) is 7.35. The average Bonchev–Trinajstić information content (AvgIpc) is 2.31. The van der Waals surface area contributed by atoms with Crippen molar-refractivity contribution in [3.8, 4) is 5.75 Å². The molecule has 0 aliphatic heterocycles. The van der Waals surface area contributed by atoms with Gasteiger partial charge in [-0.3, -0.25) is 4.79 Å². The number of Topliss-reactive ketones (excluding diaryl/α,β-unsaturated/α-hetero) is 1. The number of ether oxygens (including phenoxy) is 1. The summed E-state index contributed by atoms with van der Waals surface area (Å²) in [6.45, 7) is 4.83. The first-order valence-corrected chi connectivity index (χ1v) is 6.89. The van der Waals surface area contributed by atoms with E-state index in [1.165, 1.54) is 0 Å². The van der Waals surface area contributed by atoms with Gasteiger partial charge in [0, 0.05) is 29.2 Å². The first-order chi connectivity index (χ1) is 8.19. The van der Waals surface area contributed by atoms with Gasteiger partial charge >= 0.3 is 0 Å². The third kappa shape index (κ3) is 4.40. The Balaban J connectivity index is 2.86. The molecule has 0 aliphatic rings. The van der Waals surface area contributed by atoms with Crippen molar-refractivity contribution in [3.63, 3.8) is 0 Å². The molecule has 4 heteroatoms. The van der Waals surface area contributed by atoms with Crippen LogP contribution in [0.2, 0.25) is 0 Å². The summed E-state index contributed by atoms with van der Waals surface area (Å²) in [6, 6.07) is 5.60. The largest absolute Gasteiger partial charge is 0.494 e. The lowest BCUT2D eigenvalue weighted by Crippen LogP contribution is -2.03. The van der Waals surface area contributed by atoms with Gasteiger partial charge in [-0.05, 0) is 32.0 Å². The zero-order valence-electron chi connectivity index (χ0n) is 10.4. The van der Waals surface area contributed by atoms with Crippen LogP contribution in [0.1, 0.15) is 29.8 Å². The molecule has 0 atom stereocenters. The summed E-state index contributed by atoms with van der Waals surface area (Å²) >= 11 is 1.75. The maximum atomic E-state index is 11.3. The highest BCUT2D eigenvalue weighted by Gasteiger charge is 2.07. The molecule has 0 amide bonds. The maximum Gasteiger partial charge on any atom is 0.159 e. The van der Waals surface area contributed by atoms with E-state index in [1.807, 2.05) is 25.1 Å². The summed E-state index contributed by atoms with van der Waals surface area (Å²) in [5.41, 5.74) is 7.26. The minimum Gasteiger partial charge on any atom is -0.494 e. The van der Waals surface area contributed by atoms with E-state index < -0.39 is 0 Å². The van der Waals surface area contributed by atoms with Gasteiger partial charge in [0.05, 0.1) is 6.61 Å². The SMILES string of the molecule is CCOc1ccc(C(C)=O)cc1CSCCN. The first kappa shape index (κ1) is 14.1. The van der Waals surface area contributed by atoms with Crippen molar-refractivity contribution in [2.45, 2.75) is 19.6 Å². The molecule has 0 aromatic heterocycles. The van der Waals surface area contributed by atoms with Gasteiger partial charge < -0.3 is 10.5 Å². The van der Waals surface area contributed by atoms with Gasteiger partial charge in [-0.25, -0.2) is 0 Å². The lowest BCUT2D eigenvalue weighted by Gasteiger charge is -2.11. The summed E-state index contributed by atoms with van der Waals surface area (Å²) < 4.78 is 5.55. The molecule has 0 bridgehead atoms. The Bertz CT molecular complexity index is 380. The van der Waals surface area contributed by atoms with Crippen molar-refractivity contribution in [3.05, 3.63) is 29.3 Å². The Morgan fingerprint density at radius 1 is 1.47 bits per heavy atom. The van der Waals surface area contributed by atoms with Gasteiger partial charge in [0.25, 0.3) is 0 Å². The summed E-state index contributed by atoms with van der Waals surface area (Å²) in [6.07, 6.45) is 0. The number of hydrogen-bond acceptors (Lipinski definition) is 4. The molecule has 1 aromatic rings. The van der Waals surface area contributed by atoms with Crippen molar-refractivity contribution in [2.75, 3.05) is 18.9 Å². The Morgan fingerprint density at radius 2 is 2.24 bits per heavy atom. The van der Waals surface area contributed by atoms with Crippen molar-refractivity contribution in [2.24, 2.45) is 5.73 Å². The van der Waals surface area contributed by atoms with Crippen molar-refractivity contribution in [1.82, 2.24) is 0 Å². The van der Waals surface area contributed by atoms with Crippen LogP contribution in [0.5, 0.6) is 5.75 Å². The lowest BCUT2D eigenvalue weighted by atomic mass is 10.1. The van der Waals surface area contributed by atoms with E-state index >= 15 is 0 Å². The Labute approximate surface area is 107 Å². The topological polar surface area (TPSA) is 52.3 Å². The van der Waals surface area contributed by atoms with Crippen LogP contribution < -0.4 is 10.5 Å². The molecular weight excluding hydrogens is 234 g/mol. The van der Waals surface area contributed by atoms with E-state index in [-0.39, 0.29) is 5.78 Å². The molecule has 0 fully saturated rings. The van der Waals surface area contributed by atoms with Gasteiger partial charge in [-0.15, -0.1) is 0 Å². The third-order valence-corrected chi connectivity index (χ3v) is 3.33. The van der Waals surface area contributed by atoms with Crippen LogP contribution in [0.3, 0.4) is 0 Å². The molecule has 0 spiro atoms. The smallest absolute Gasteiger partial charge is 0.159 e. The van der Waals surface area contributed by atoms with Crippen molar-refractivity contribution < 1.29 is 9.53 Å². The molecule has 0 radical (unpaired) electrons. The monoisotopic (exact) mass is 253 g/mol. The standard InChI is InChI=1S/C13H19NO2S/c1-3-16-13-5-4-11(10(2)15)8-12(13)9-17-7-6-14/h4-5,8H,3,6-7,9,14H2,1-2H3. The van der Waals surface area contributed by atoms with Crippen LogP contribution >= 0.6 is 11.8 Å². The number of carbonyl (C=O) groups is 1. The molecule has 0 saturated carbocycles. The minimum absolute atomic E-state index is 0.0816. The molecule has 0 heterocycles. The van der Waals surface area contributed by atoms with Gasteiger partial charge in [-0.2, -0.15) is 11.8 Å². The summed E-state index contributed by atoms with van der Waals surface area (Å²) in [5.74, 6) is 2.68. The van der Waals surface area contributed by atoms with Crippen LogP contribution in [-0.2, 0) is 5.75 Å². The number of benzene rings is 1. The van der Waals surface area contributed by atoms with E-state index in [2.05, 4.69) is 0 Å².